The Morgan fingerprint density at radius 1 is 1.04 bits per heavy atom. The van der Waals surface area contributed by atoms with Crippen molar-refractivity contribution in [1.29, 1.82) is 0 Å². The van der Waals surface area contributed by atoms with Crippen molar-refractivity contribution in [2.45, 2.75) is 38.6 Å². The summed E-state index contributed by atoms with van der Waals surface area (Å²) in [6.45, 7) is 1.99. The van der Waals surface area contributed by atoms with Crippen LogP contribution in [0.15, 0.2) is 52.9 Å². The maximum atomic E-state index is 12.6. The van der Waals surface area contributed by atoms with E-state index in [9.17, 15) is 4.79 Å². The molecule has 4 rings (SSSR count). The van der Waals surface area contributed by atoms with Crippen LogP contribution < -0.4 is 5.32 Å². The monoisotopic (exact) mass is 347 g/mol. The quantitative estimate of drug-likeness (QED) is 0.786. The first-order valence-corrected chi connectivity index (χ1v) is 8.92. The Labute approximate surface area is 152 Å². The van der Waals surface area contributed by atoms with Crippen molar-refractivity contribution in [2.24, 2.45) is 0 Å². The topological polar surface area (TPSA) is 68.0 Å². The molecule has 1 aromatic heterocycles. The molecule has 1 amide bonds. The predicted octanol–water partition coefficient (Wildman–Crippen LogP) is 3.32. The molecule has 0 saturated carbocycles. The minimum Gasteiger partial charge on any atom is -0.424 e. The fourth-order valence-corrected chi connectivity index (χ4v) is 3.70. The first-order chi connectivity index (χ1) is 12.7. The van der Waals surface area contributed by atoms with Gasteiger partial charge in [0.1, 0.15) is 0 Å². The molecule has 0 bridgehead atoms. The van der Waals surface area contributed by atoms with E-state index in [2.05, 4.69) is 64.0 Å². The van der Waals surface area contributed by atoms with Crippen LogP contribution in [-0.4, -0.2) is 16.1 Å². The third kappa shape index (κ3) is 3.38. The van der Waals surface area contributed by atoms with Crippen molar-refractivity contribution in [3.63, 3.8) is 0 Å². The third-order valence-electron chi connectivity index (χ3n) is 4.92. The van der Waals surface area contributed by atoms with Gasteiger partial charge in [-0.25, -0.2) is 0 Å². The van der Waals surface area contributed by atoms with E-state index in [1.807, 2.05) is 0 Å². The highest BCUT2D eigenvalue weighted by Crippen LogP contribution is 2.36. The van der Waals surface area contributed by atoms with E-state index < -0.39 is 0 Å². The lowest BCUT2D eigenvalue weighted by Crippen LogP contribution is -2.25. The molecule has 0 atom stereocenters. The molecule has 1 aliphatic carbocycles. The van der Waals surface area contributed by atoms with Gasteiger partial charge in [0.05, 0.1) is 6.54 Å². The molecule has 1 aliphatic rings. The SMILES string of the molecule is Cc1nnc(CNC(=O)CC2c3ccccc3CCc3ccccc32)o1. The number of aromatic nitrogens is 2. The van der Waals surface area contributed by atoms with Crippen molar-refractivity contribution < 1.29 is 9.21 Å². The van der Waals surface area contributed by atoms with E-state index in [1.54, 1.807) is 6.92 Å². The second-order valence-corrected chi connectivity index (χ2v) is 6.65. The average molecular weight is 347 g/mol. The summed E-state index contributed by atoms with van der Waals surface area (Å²) in [5.41, 5.74) is 5.16. The van der Waals surface area contributed by atoms with Crippen LogP contribution in [0, 0.1) is 6.92 Å². The van der Waals surface area contributed by atoms with Gasteiger partial charge in [-0.3, -0.25) is 4.79 Å². The summed E-state index contributed by atoms with van der Waals surface area (Å²) in [6, 6.07) is 16.9. The highest BCUT2D eigenvalue weighted by Gasteiger charge is 2.25. The Morgan fingerprint density at radius 2 is 1.65 bits per heavy atom. The summed E-state index contributed by atoms with van der Waals surface area (Å²) in [4.78, 5) is 12.6. The molecule has 0 aliphatic heterocycles. The van der Waals surface area contributed by atoms with Gasteiger partial charge >= 0.3 is 0 Å². The van der Waals surface area contributed by atoms with Crippen molar-refractivity contribution in [2.75, 3.05) is 0 Å². The number of benzene rings is 2. The maximum Gasteiger partial charge on any atom is 0.235 e. The van der Waals surface area contributed by atoms with E-state index in [-0.39, 0.29) is 18.4 Å². The molecular weight excluding hydrogens is 326 g/mol. The summed E-state index contributed by atoms with van der Waals surface area (Å²) >= 11 is 0. The molecule has 0 fully saturated rings. The molecule has 0 spiro atoms. The normalized spacial score (nSPS) is 13.6. The zero-order chi connectivity index (χ0) is 17.9. The predicted molar refractivity (Wildman–Crippen MR) is 97.6 cm³/mol. The molecule has 132 valence electrons. The minimum absolute atomic E-state index is 0.0163. The Morgan fingerprint density at radius 3 is 2.23 bits per heavy atom. The van der Waals surface area contributed by atoms with Gasteiger partial charge in [0, 0.05) is 19.3 Å². The molecule has 5 heteroatoms. The maximum absolute atomic E-state index is 12.6. The summed E-state index contributed by atoms with van der Waals surface area (Å²) < 4.78 is 5.32. The van der Waals surface area contributed by atoms with Crippen LogP contribution in [0.1, 0.15) is 46.4 Å². The molecule has 5 nitrogen and oxygen atoms in total. The fourth-order valence-electron chi connectivity index (χ4n) is 3.70. The zero-order valence-electron chi connectivity index (χ0n) is 14.7. The van der Waals surface area contributed by atoms with Gasteiger partial charge in [-0.05, 0) is 35.1 Å². The highest BCUT2D eigenvalue weighted by atomic mass is 16.4. The largest absolute Gasteiger partial charge is 0.424 e. The van der Waals surface area contributed by atoms with E-state index >= 15 is 0 Å². The van der Waals surface area contributed by atoms with Crippen molar-refractivity contribution in [3.05, 3.63) is 82.6 Å². The number of carbonyl (C=O) groups excluding carboxylic acids is 1. The standard InChI is InChI=1S/C21H21N3O2/c1-14-23-24-21(26-14)13-22-20(25)12-19-17-8-4-2-6-15(17)10-11-16-7-3-5-9-18(16)19/h2-9,19H,10-13H2,1H3,(H,22,25). The van der Waals surface area contributed by atoms with Crippen LogP contribution in [0.25, 0.3) is 0 Å². The fraction of sp³-hybridized carbons (Fsp3) is 0.286. The lowest BCUT2D eigenvalue weighted by Gasteiger charge is -2.20. The van der Waals surface area contributed by atoms with Crippen LogP contribution in [0.3, 0.4) is 0 Å². The number of hydrogen-bond donors (Lipinski definition) is 1. The van der Waals surface area contributed by atoms with Gasteiger partial charge in [0.25, 0.3) is 0 Å². The Bertz CT molecular complexity index is 885. The van der Waals surface area contributed by atoms with Gasteiger partial charge < -0.3 is 9.73 Å². The average Bonchev–Trinajstić information content (AvgIpc) is 3.02. The Hall–Kier alpha value is -2.95. The van der Waals surface area contributed by atoms with Crippen molar-refractivity contribution >= 4 is 5.91 Å². The summed E-state index contributed by atoms with van der Waals surface area (Å²) in [6.07, 6.45) is 2.42. The number of nitrogens with zero attached hydrogens (tertiary/aromatic N) is 2. The van der Waals surface area contributed by atoms with Crippen molar-refractivity contribution in [3.8, 4) is 0 Å². The smallest absolute Gasteiger partial charge is 0.235 e. The molecule has 26 heavy (non-hydrogen) atoms. The number of carbonyl (C=O) groups is 1. The van der Waals surface area contributed by atoms with Crippen LogP contribution in [0.5, 0.6) is 0 Å². The molecule has 1 N–H and O–H groups in total. The second-order valence-electron chi connectivity index (χ2n) is 6.65. The van der Waals surface area contributed by atoms with Crippen molar-refractivity contribution in [1.82, 2.24) is 15.5 Å². The summed E-state index contributed by atoms with van der Waals surface area (Å²) in [5.74, 6) is 0.977. The van der Waals surface area contributed by atoms with Crippen LogP contribution in [0.2, 0.25) is 0 Å². The zero-order valence-corrected chi connectivity index (χ0v) is 14.7. The number of amides is 1. The van der Waals surface area contributed by atoms with Gasteiger partial charge in [-0.2, -0.15) is 0 Å². The molecule has 0 saturated heterocycles. The first-order valence-electron chi connectivity index (χ1n) is 8.92. The molecule has 0 unspecified atom stereocenters. The molecule has 0 radical (unpaired) electrons. The number of aryl methyl sites for hydroxylation is 3. The van der Waals surface area contributed by atoms with Crippen LogP contribution in [0.4, 0.5) is 0 Å². The molecule has 1 heterocycles. The first kappa shape index (κ1) is 16.5. The van der Waals surface area contributed by atoms with E-state index in [1.165, 1.54) is 22.3 Å². The Balaban J connectivity index is 1.57. The lowest BCUT2D eigenvalue weighted by molar-refractivity contribution is -0.121. The van der Waals surface area contributed by atoms with E-state index in [4.69, 9.17) is 4.42 Å². The van der Waals surface area contributed by atoms with Gasteiger partial charge in [0.15, 0.2) is 0 Å². The highest BCUT2D eigenvalue weighted by molar-refractivity contribution is 5.77. The number of fused-ring (bicyclic) bond motifs is 2. The molecule has 3 aromatic rings. The molecule has 2 aromatic carbocycles. The number of hydrogen-bond acceptors (Lipinski definition) is 4. The third-order valence-corrected chi connectivity index (χ3v) is 4.92. The Kier molecular flexibility index (Phi) is 4.52. The number of rotatable bonds is 4. The molecular formula is C21H21N3O2. The van der Waals surface area contributed by atoms with Gasteiger partial charge in [-0.1, -0.05) is 48.5 Å². The van der Waals surface area contributed by atoms with E-state index in [0.717, 1.165) is 12.8 Å². The summed E-state index contributed by atoms with van der Waals surface area (Å²) in [5, 5.41) is 10.6. The minimum atomic E-state index is -0.0163. The second kappa shape index (κ2) is 7.12. The van der Waals surface area contributed by atoms with Crippen LogP contribution >= 0.6 is 0 Å². The summed E-state index contributed by atoms with van der Waals surface area (Å²) in [7, 11) is 0. The van der Waals surface area contributed by atoms with Crippen LogP contribution in [-0.2, 0) is 24.2 Å². The number of nitrogens with one attached hydrogen (secondary N) is 1. The van der Waals surface area contributed by atoms with Gasteiger partial charge in [0.2, 0.25) is 17.7 Å². The van der Waals surface area contributed by atoms with Gasteiger partial charge in [-0.15, -0.1) is 10.2 Å². The van der Waals surface area contributed by atoms with E-state index in [0.29, 0.717) is 18.2 Å². The lowest BCUT2D eigenvalue weighted by atomic mass is 9.85.